The lowest BCUT2D eigenvalue weighted by molar-refractivity contribution is 0.397. The van der Waals surface area contributed by atoms with Crippen LogP contribution >= 0.6 is 0 Å². The largest absolute Gasteiger partial charge is 0.484 e. The molecule has 7 heavy (non-hydrogen) atoms. The average molecular weight is 97.1 g/mol. The molecule has 0 radical (unpaired) electrons. The van der Waals surface area contributed by atoms with Gasteiger partial charge in [0.25, 0.3) is 0 Å². The number of hydrogen-bond donors (Lipinski definition) is 0. The van der Waals surface area contributed by atoms with Gasteiger partial charge in [-0.2, -0.15) is 0 Å². The molecule has 2 nitrogen and oxygen atoms in total. The van der Waals surface area contributed by atoms with Crippen LogP contribution in [-0.2, 0) is 4.74 Å². The van der Waals surface area contributed by atoms with E-state index in [1.165, 1.54) is 0 Å². The highest BCUT2D eigenvalue weighted by Crippen LogP contribution is 1.98. The zero-order valence-corrected chi connectivity index (χ0v) is 4.22. The second-order valence-corrected chi connectivity index (χ2v) is 1.32. The maximum Gasteiger partial charge on any atom is 0.191 e. The van der Waals surface area contributed by atoms with Gasteiger partial charge in [-0.3, -0.25) is 0 Å². The van der Waals surface area contributed by atoms with Gasteiger partial charge in [-0.25, -0.2) is 4.99 Å². The molecule has 2 heteroatoms. The summed E-state index contributed by atoms with van der Waals surface area (Å²) in [6.45, 7) is 0. The Balaban J connectivity index is 2.45. The van der Waals surface area contributed by atoms with Crippen LogP contribution < -0.4 is 0 Å². The van der Waals surface area contributed by atoms with E-state index in [-0.39, 0.29) is 0 Å². The second kappa shape index (κ2) is 1.78. The minimum atomic E-state index is 0.806. The number of aliphatic imine (C=N–C) groups is 1. The Labute approximate surface area is 42.5 Å². The fourth-order valence-electron chi connectivity index (χ4n) is 0.478. The molecular formula is C5H7NO. The van der Waals surface area contributed by atoms with E-state index in [9.17, 15) is 0 Å². The standard InChI is InChI=1S/C5H7NO/c1-7-5-3-2-4-6-5/h2,4H,3H2,1H3. The summed E-state index contributed by atoms with van der Waals surface area (Å²) in [5, 5.41) is 0. The van der Waals surface area contributed by atoms with Crippen LogP contribution in [0.4, 0.5) is 0 Å². The number of nitrogens with zero attached hydrogens (tertiary/aromatic N) is 1. The third-order valence-corrected chi connectivity index (χ3v) is 0.852. The molecule has 0 fully saturated rings. The van der Waals surface area contributed by atoms with Crippen molar-refractivity contribution in [1.29, 1.82) is 0 Å². The van der Waals surface area contributed by atoms with E-state index in [0.717, 1.165) is 12.3 Å². The predicted octanol–water partition coefficient (Wildman–Crippen LogP) is 0.949. The molecule has 0 amide bonds. The van der Waals surface area contributed by atoms with Crippen molar-refractivity contribution in [2.24, 2.45) is 4.99 Å². The third-order valence-electron chi connectivity index (χ3n) is 0.852. The van der Waals surface area contributed by atoms with Crippen molar-refractivity contribution in [3.63, 3.8) is 0 Å². The van der Waals surface area contributed by atoms with Crippen molar-refractivity contribution in [1.82, 2.24) is 0 Å². The zero-order chi connectivity index (χ0) is 5.11. The van der Waals surface area contributed by atoms with Crippen molar-refractivity contribution in [2.75, 3.05) is 7.11 Å². The molecule has 0 N–H and O–H groups in total. The maximum atomic E-state index is 4.80. The van der Waals surface area contributed by atoms with E-state index < -0.39 is 0 Å². The lowest BCUT2D eigenvalue weighted by Gasteiger charge is -1.91. The monoisotopic (exact) mass is 97.1 g/mol. The molecule has 0 saturated carbocycles. The van der Waals surface area contributed by atoms with E-state index in [0.29, 0.717) is 0 Å². The smallest absolute Gasteiger partial charge is 0.191 e. The highest BCUT2D eigenvalue weighted by Gasteiger charge is 1.95. The Morgan fingerprint density at radius 3 is 3.00 bits per heavy atom. The van der Waals surface area contributed by atoms with Crippen LogP contribution in [0.5, 0.6) is 0 Å². The maximum absolute atomic E-state index is 4.80. The minimum Gasteiger partial charge on any atom is -0.484 e. The Morgan fingerprint density at radius 1 is 1.86 bits per heavy atom. The zero-order valence-electron chi connectivity index (χ0n) is 4.22. The van der Waals surface area contributed by atoms with Crippen LogP contribution in [0, 0.1) is 0 Å². The summed E-state index contributed by atoms with van der Waals surface area (Å²) >= 11 is 0. The first-order chi connectivity index (χ1) is 3.43. The summed E-state index contributed by atoms with van der Waals surface area (Å²) < 4.78 is 4.80. The molecular weight excluding hydrogens is 90.1 g/mol. The van der Waals surface area contributed by atoms with Crippen molar-refractivity contribution in [3.8, 4) is 0 Å². The van der Waals surface area contributed by atoms with Crippen LogP contribution in [0.3, 0.4) is 0 Å². The summed E-state index contributed by atoms with van der Waals surface area (Å²) in [7, 11) is 1.63. The fourth-order valence-corrected chi connectivity index (χ4v) is 0.478. The van der Waals surface area contributed by atoms with Gasteiger partial charge >= 0.3 is 0 Å². The molecule has 0 aliphatic carbocycles. The van der Waals surface area contributed by atoms with Crippen molar-refractivity contribution in [2.45, 2.75) is 6.42 Å². The Morgan fingerprint density at radius 2 is 2.71 bits per heavy atom. The van der Waals surface area contributed by atoms with E-state index >= 15 is 0 Å². The van der Waals surface area contributed by atoms with Gasteiger partial charge in [-0.1, -0.05) is 6.08 Å². The average Bonchev–Trinajstić information content (AvgIpc) is 2.14. The Kier molecular flexibility index (Phi) is 1.11. The van der Waals surface area contributed by atoms with Gasteiger partial charge in [0.2, 0.25) is 0 Å². The molecule has 0 aromatic heterocycles. The molecule has 1 rings (SSSR count). The molecule has 0 spiro atoms. The van der Waals surface area contributed by atoms with Crippen LogP contribution in [-0.4, -0.2) is 13.0 Å². The van der Waals surface area contributed by atoms with E-state index in [2.05, 4.69) is 4.99 Å². The number of hydrogen-bond acceptors (Lipinski definition) is 2. The lowest BCUT2D eigenvalue weighted by atomic mass is 10.5. The Hall–Kier alpha value is -0.790. The molecule has 0 aromatic rings. The quantitative estimate of drug-likeness (QED) is 0.441. The molecule has 38 valence electrons. The molecule has 1 aliphatic heterocycles. The van der Waals surface area contributed by atoms with E-state index in [4.69, 9.17) is 4.74 Å². The summed E-state index contributed by atoms with van der Waals surface area (Å²) in [4.78, 5) is 3.87. The van der Waals surface area contributed by atoms with Gasteiger partial charge < -0.3 is 4.74 Å². The topological polar surface area (TPSA) is 21.6 Å². The van der Waals surface area contributed by atoms with Crippen LogP contribution in [0.1, 0.15) is 6.42 Å². The first kappa shape index (κ1) is 4.37. The van der Waals surface area contributed by atoms with Crippen LogP contribution in [0.2, 0.25) is 0 Å². The van der Waals surface area contributed by atoms with Gasteiger partial charge in [0.15, 0.2) is 5.90 Å². The van der Waals surface area contributed by atoms with Gasteiger partial charge in [0, 0.05) is 12.6 Å². The molecule has 0 bridgehead atoms. The molecule has 0 saturated heterocycles. The van der Waals surface area contributed by atoms with Crippen LogP contribution in [0.25, 0.3) is 0 Å². The first-order valence-electron chi connectivity index (χ1n) is 2.19. The Bertz CT molecular complexity index is 115. The van der Waals surface area contributed by atoms with Crippen molar-refractivity contribution in [3.05, 3.63) is 12.3 Å². The minimum absolute atomic E-state index is 0.806. The van der Waals surface area contributed by atoms with Crippen molar-refractivity contribution >= 4 is 5.90 Å². The summed E-state index contributed by atoms with van der Waals surface area (Å²) in [5.41, 5.74) is 0. The van der Waals surface area contributed by atoms with E-state index in [1.54, 1.807) is 13.3 Å². The molecule has 0 aromatic carbocycles. The van der Waals surface area contributed by atoms with E-state index in [1.807, 2.05) is 6.08 Å². The number of rotatable bonds is 0. The first-order valence-corrected chi connectivity index (χ1v) is 2.19. The third kappa shape index (κ3) is 0.796. The summed E-state index contributed by atoms with van der Waals surface area (Å²) in [5.74, 6) is 0.806. The SMILES string of the molecule is COC1=NC=CC1. The highest BCUT2D eigenvalue weighted by atomic mass is 16.5. The molecule has 0 atom stereocenters. The van der Waals surface area contributed by atoms with Gasteiger partial charge in [-0.15, -0.1) is 0 Å². The van der Waals surface area contributed by atoms with Gasteiger partial charge in [-0.05, 0) is 0 Å². The second-order valence-electron chi connectivity index (χ2n) is 1.32. The molecule has 1 heterocycles. The molecule has 0 unspecified atom stereocenters. The fraction of sp³-hybridized carbons (Fsp3) is 0.400. The van der Waals surface area contributed by atoms with Crippen molar-refractivity contribution < 1.29 is 4.74 Å². The molecule has 1 aliphatic rings. The number of ether oxygens (including phenoxy) is 1. The normalized spacial score (nSPS) is 17.0. The number of methoxy groups -OCH3 is 1. The summed E-state index contributed by atoms with van der Waals surface area (Å²) in [6.07, 6.45) is 4.56. The van der Waals surface area contributed by atoms with Crippen LogP contribution in [0.15, 0.2) is 17.3 Å². The highest BCUT2D eigenvalue weighted by molar-refractivity contribution is 5.79. The predicted molar refractivity (Wildman–Crippen MR) is 28.2 cm³/mol. The van der Waals surface area contributed by atoms with Gasteiger partial charge in [0.05, 0.1) is 7.11 Å². The summed E-state index contributed by atoms with van der Waals surface area (Å²) in [6, 6.07) is 0. The lowest BCUT2D eigenvalue weighted by Crippen LogP contribution is -1.93. The van der Waals surface area contributed by atoms with Gasteiger partial charge in [0.1, 0.15) is 0 Å².